The number of ether oxygens (including phenoxy) is 6. The molecule has 2 aromatic rings. The number of methoxy groups -OCH3 is 3. The number of cyclic esters (lactones) is 1. The number of rotatable bonds is 10. The Morgan fingerprint density at radius 3 is 2.42 bits per heavy atom. The molecule has 67 heavy (non-hydrogen) atoms. The van der Waals surface area contributed by atoms with Crippen molar-refractivity contribution in [2.24, 2.45) is 23.7 Å². The number of nitrogens with zero attached hydrogens (tertiary/aromatic N) is 2. The number of aliphatic hydroxyl groups is 1. The number of hydrogen-bond acceptors (Lipinski definition) is 11. The Hall–Kier alpha value is -4.14. The highest BCUT2D eigenvalue weighted by Gasteiger charge is 2.56. The second kappa shape index (κ2) is 23.0. The molecule has 12 unspecified atom stereocenters. The van der Waals surface area contributed by atoms with Gasteiger partial charge < -0.3 is 43.0 Å². The van der Waals surface area contributed by atoms with E-state index in [2.05, 4.69) is 55.5 Å². The molecule has 1 aromatic heterocycles. The lowest BCUT2D eigenvalue weighted by Crippen LogP contribution is -2.64. The molecule has 6 rings (SSSR count). The van der Waals surface area contributed by atoms with Crippen molar-refractivity contribution in [2.45, 2.75) is 180 Å². The van der Waals surface area contributed by atoms with Crippen molar-refractivity contribution >= 4 is 34.3 Å². The van der Waals surface area contributed by atoms with Gasteiger partial charge in [-0.1, -0.05) is 38.5 Å². The number of aryl methyl sites for hydroxylation is 1. The van der Waals surface area contributed by atoms with Crippen LogP contribution in [0, 0.1) is 23.7 Å². The van der Waals surface area contributed by atoms with Crippen LogP contribution >= 0.6 is 0 Å². The topological polar surface area (TPSA) is 152 Å². The number of benzene rings is 1. The Balaban J connectivity index is 1.40. The van der Waals surface area contributed by atoms with Crippen molar-refractivity contribution in [2.75, 3.05) is 27.9 Å². The molecule has 2 saturated heterocycles. The first-order valence-corrected chi connectivity index (χ1v) is 24.8. The van der Waals surface area contributed by atoms with E-state index in [1.54, 1.807) is 34.3 Å². The zero-order valence-electron chi connectivity index (χ0n) is 41.6. The molecule has 2 bridgehead atoms. The normalized spacial score (nSPS) is 35.5. The van der Waals surface area contributed by atoms with Gasteiger partial charge in [-0.3, -0.25) is 14.4 Å². The van der Waals surface area contributed by atoms with Gasteiger partial charge in [-0.15, -0.1) is 6.58 Å². The molecule has 1 aliphatic carbocycles. The van der Waals surface area contributed by atoms with E-state index in [9.17, 15) is 24.3 Å². The van der Waals surface area contributed by atoms with E-state index >= 15 is 0 Å². The minimum Gasteiger partial charge on any atom is -0.483 e. The average Bonchev–Trinajstić information content (AvgIpc) is 3.73. The number of Topliss-reactive ketones (excluding diaryl/α,β-unsaturated/α-hetero) is 2. The number of fused-ring (bicyclic) bond motifs is 4. The van der Waals surface area contributed by atoms with Gasteiger partial charge in [0, 0.05) is 76.2 Å². The highest BCUT2D eigenvalue weighted by molar-refractivity contribution is 6.39. The van der Waals surface area contributed by atoms with E-state index in [4.69, 9.17) is 28.4 Å². The molecule has 3 aliphatic heterocycles. The fourth-order valence-corrected chi connectivity index (χ4v) is 11.3. The van der Waals surface area contributed by atoms with E-state index in [0.717, 1.165) is 47.2 Å². The maximum atomic E-state index is 14.8. The van der Waals surface area contributed by atoms with Crippen LogP contribution in [0.15, 0.2) is 66.4 Å². The first-order chi connectivity index (χ1) is 32.0. The molecule has 3 fully saturated rings. The molecule has 0 spiro atoms. The molecule has 0 radical (unpaired) electrons. The molecule has 1 N–H and O–H groups in total. The summed E-state index contributed by atoms with van der Waals surface area (Å²) in [7, 11) is 4.83. The fraction of sp³-hybridized carbons (Fsp3) is 0.667. The summed E-state index contributed by atoms with van der Waals surface area (Å²) in [6.45, 7) is 16.8. The molecular formula is C54H78N2O11. The number of amides is 1. The fourth-order valence-electron chi connectivity index (χ4n) is 11.3. The molecule has 4 aliphatic rings. The van der Waals surface area contributed by atoms with E-state index in [1.807, 2.05) is 32.9 Å². The van der Waals surface area contributed by atoms with Crippen LogP contribution in [0.3, 0.4) is 0 Å². The zero-order valence-corrected chi connectivity index (χ0v) is 41.6. The quantitative estimate of drug-likeness (QED) is 0.138. The Labute approximate surface area is 398 Å². The minimum atomic E-state index is -2.50. The average molecular weight is 931 g/mol. The first kappa shape index (κ1) is 52.2. The first-order valence-electron chi connectivity index (χ1n) is 24.8. The summed E-state index contributed by atoms with van der Waals surface area (Å²) in [5.41, 5.74) is 2.10. The molecule has 12 atom stereocenters. The van der Waals surface area contributed by atoms with Gasteiger partial charge in [-0.2, -0.15) is 0 Å². The monoisotopic (exact) mass is 931 g/mol. The number of aromatic nitrogens is 1. The molecule has 1 amide bonds. The van der Waals surface area contributed by atoms with Crippen molar-refractivity contribution < 1.29 is 52.7 Å². The largest absolute Gasteiger partial charge is 0.483 e. The number of hydrogen-bond donors (Lipinski definition) is 1. The molecular weight excluding hydrogens is 853 g/mol. The summed E-state index contributed by atoms with van der Waals surface area (Å²) in [5, 5.41) is 13.3. The van der Waals surface area contributed by atoms with E-state index in [0.29, 0.717) is 51.4 Å². The summed E-state index contributed by atoms with van der Waals surface area (Å²) in [6, 6.07) is 7.14. The third-order valence-corrected chi connectivity index (χ3v) is 15.1. The third kappa shape index (κ3) is 12.0. The van der Waals surface area contributed by atoms with Gasteiger partial charge in [0.15, 0.2) is 0 Å². The maximum absolute atomic E-state index is 14.8. The molecule has 1 saturated carbocycles. The van der Waals surface area contributed by atoms with Crippen molar-refractivity contribution in [1.82, 2.24) is 9.47 Å². The van der Waals surface area contributed by atoms with Crippen LogP contribution < -0.4 is 4.74 Å². The van der Waals surface area contributed by atoms with Crippen molar-refractivity contribution in [1.29, 1.82) is 0 Å². The lowest BCUT2D eigenvalue weighted by atomic mass is 9.80. The highest BCUT2D eigenvalue weighted by Crippen LogP contribution is 2.41. The summed E-state index contributed by atoms with van der Waals surface area (Å²) in [5.74, 6) is -5.97. The van der Waals surface area contributed by atoms with Crippen LogP contribution in [-0.4, -0.2) is 114 Å². The van der Waals surface area contributed by atoms with Crippen molar-refractivity contribution in [3.8, 4) is 5.75 Å². The third-order valence-electron chi connectivity index (χ3n) is 15.1. The number of carbonyl (C=O) groups is 4. The Morgan fingerprint density at radius 2 is 1.72 bits per heavy atom. The summed E-state index contributed by atoms with van der Waals surface area (Å²) < 4.78 is 40.0. The van der Waals surface area contributed by atoms with Crippen molar-refractivity contribution in [3.63, 3.8) is 0 Å². The van der Waals surface area contributed by atoms with Gasteiger partial charge in [0.2, 0.25) is 5.79 Å². The van der Waals surface area contributed by atoms with E-state index in [-0.39, 0.29) is 55.4 Å². The predicted molar refractivity (Wildman–Crippen MR) is 257 cm³/mol. The number of ketones is 2. The smallest absolute Gasteiger partial charge is 0.329 e. The lowest BCUT2D eigenvalue weighted by molar-refractivity contribution is -0.302. The molecule has 13 nitrogen and oxygen atoms in total. The number of carbonyl (C=O) groups excluding carboxylic acids is 4. The highest BCUT2D eigenvalue weighted by atomic mass is 16.7. The Kier molecular flexibility index (Phi) is 17.9. The number of allylic oxidation sites excluding steroid dienone is 3. The van der Waals surface area contributed by atoms with E-state index < -0.39 is 65.4 Å². The van der Waals surface area contributed by atoms with Crippen LogP contribution in [0.2, 0.25) is 0 Å². The predicted octanol–water partition coefficient (Wildman–Crippen LogP) is 8.87. The van der Waals surface area contributed by atoms with Gasteiger partial charge in [0.25, 0.3) is 11.7 Å². The number of esters is 1. The molecule has 370 valence electrons. The van der Waals surface area contributed by atoms with Gasteiger partial charge in [-0.25, -0.2) is 4.79 Å². The van der Waals surface area contributed by atoms with E-state index in [1.165, 1.54) is 4.90 Å². The second-order valence-electron chi connectivity index (χ2n) is 20.2. The van der Waals surface area contributed by atoms with Crippen molar-refractivity contribution in [3.05, 3.63) is 66.4 Å². The molecule has 4 heterocycles. The summed E-state index contributed by atoms with van der Waals surface area (Å²) in [4.78, 5) is 59.2. The SMILES string of the molecule is C=CCC1/C=C(\C)CC(C)CC(OC)C2OC(O)(C(=O)C(=O)N3CCCCC3C(=O)OC(C(C)=CC3(Oc4ccc5c(ccn5CC)c4)CCCC(OC)C3)C(C)CCC1=O)C(C)CC2OC. The Bertz CT molecular complexity index is 2130. The molecule has 13 heteroatoms. The zero-order chi connectivity index (χ0) is 48.6. The van der Waals surface area contributed by atoms with Crippen LogP contribution in [0.5, 0.6) is 5.75 Å². The maximum Gasteiger partial charge on any atom is 0.329 e. The van der Waals surface area contributed by atoms with Crippen LogP contribution in [0.1, 0.15) is 125 Å². The van der Waals surface area contributed by atoms with Crippen LogP contribution in [0.25, 0.3) is 10.9 Å². The van der Waals surface area contributed by atoms with Crippen LogP contribution in [-0.2, 0) is 49.4 Å². The van der Waals surface area contributed by atoms with Gasteiger partial charge in [-0.05, 0) is 139 Å². The van der Waals surface area contributed by atoms with Gasteiger partial charge >= 0.3 is 5.97 Å². The minimum absolute atomic E-state index is 0.0510. The van der Waals surface area contributed by atoms with Gasteiger partial charge in [0.1, 0.15) is 35.4 Å². The molecule has 1 aromatic carbocycles. The Morgan fingerprint density at radius 1 is 0.970 bits per heavy atom. The standard InChI is InChI=1S/C54H78N2O11/c1-11-16-40-28-34(3)27-35(4)29-46(63-9)49-47(64-10)30-38(7)54(61,67-49)50(58)51(59)56-25-14-13-18-44(56)52(60)65-48(36(5)19-22-45(40)57)37(6)32-53(24-15-17-42(33-53)62-8)66-41-20-21-43-39(31-41)23-26-55(43)12-2/h11,20-21,23,26,28,31-32,35-36,38,40,42,44,46-49,61H,1,12-19,22,24-25,27,29-30,33H2,2-10H3/b34-28+,37-32?. The number of piperidine rings is 1. The van der Waals surface area contributed by atoms with Crippen LogP contribution in [0.4, 0.5) is 0 Å². The van der Waals surface area contributed by atoms with Gasteiger partial charge in [0.05, 0.1) is 18.3 Å². The second-order valence-corrected chi connectivity index (χ2v) is 20.2. The summed E-state index contributed by atoms with van der Waals surface area (Å²) in [6.07, 6.45) is 12.1. The lowest BCUT2D eigenvalue weighted by Gasteiger charge is -2.47. The summed E-state index contributed by atoms with van der Waals surface area (Å²) >= 11 is 0.